The lowest BCUT2D eigenvalue weighted by Crippen LogP contribution is -2.29. The summed E-state index contributed by atoms with van der Waals surface area (Å²) < 4.78 is 5.82. The Morgan fingerprint density at radius 1 is 1.09 bits per heavy atom. The normalized spacial score (nSPS) is 17.2. The zero-order chi connectivity index (χ0) is 24.1. The Balaban J connectivity index is 1.76. The van der Waals surface area contributed by atoms with Crippen molar-refractivity contribution in [1.29, 1.82) is 0 Å². The molecule has 3 aromatic rings. The highest BCUT2D eigenvalue weighted by molar-refractivity contribution is 6.46. The van der Waals surface area contributed by atoms with E-state index in [9.17, 15) is 14.7 Å². The number of ketones is 1. The van der Waals surface area contributed by atoms with E-state index >= 15 is 0 Å². The standard InChI is InChI=1S/C28H28N2O4/c1-3-4-15-34-23-13-12-22(16-19(23)2)26(31)24-25(21-10-6-5-7-11-21)30(28(33)27(24)32)18-20-9-8-14-29-17-20/h5-14,16-17,25,31H,3-4,15,18H2,1-2H3. The third kappa shape index (κ3) is 4.71. The van der Waals surface area contributed by atoms with E-state index in [0.717, 1.165) is 35.3 Å². The number of aliphatic hydroxyl groups excluding tert-OH is 1. The molecule has 6 nitrogen and oxygen atoms in total. The third-order valence-electron chi connectivity index (χ3n) is 5.93. The molecule has 2 heterocycles. The van der Waals surface area contributed by atoms with Crippen molar-refractivity contribution in [2.75, 3.05) is 6.61 Å². The first-order valence-corrected chi connectivity index (χ1v) is 11.5. The lowest BCUT2D eigenvalue weighted by Gasteiger charge is -2.25. The van der Waals surface area contributed by atoms with Crippen molar-refractivity contribution in [3.05, 3.63) is 101 Å². The summed E-state index contributed by atoms with van der Waals surface area (Å²) in [4.78, 5) is 31.9. The van der Waals surface area contributed by atoms with E-state index in [-0.39, 0.29) is 17.9 Å². The van der Waals surface area contributed by atoms with Gasteiger partial charge in [0.05, 0.1) is 18.2 Å². The van der Waals surface area contributed by atoms with Gasteiger partial charge in [-0.1, -0.05) is 49.7 Å². The molecular formula is C28H28N2O4. The number of hydrogen-bond donors (Lipinski definition) is 1. The molecule has 1 aliphatic rings. The van der Waals surface area contributed by atoms with Gasteiger partial charge < -0.3 is 14.7 Å². The molecule has 1 unspecified atom stereocenters. The lowest BCUT2D eigenvalue weighted by molar-refractivity contribution is -0.140. The maximum Gasteiger partial charge on any atom is 0.295 e. The number of rotatable bonds is 8. The first-order valence-electron chi connectivity index (χ1n) is 11.5. The molecule has 2 aromatic carbocycles. The van der Waals surface area contributed by atoms with Gasteiger partial charge in [0.25, 0.3) is 11.7 Å². The second-order valence-corrected chi connectivity index (χ2v) is 8.38. The molecule has 0 saturated carbocycles. The minimum absolute atomic E-state index is 0.0825. The average molecular weight is 457 g/mol. The maximum absolute atomic E-state index is 13.2. The van der Waals surface area contributed by atoms with Gasteiger partial charge in [-0.3, -0.25) is 14.6 Å². The molecule has 174 valence electrons. The van der Waals surface area contributed by atoms with Crippen molar-refractivity contribution >= 4 is 17.4 Å². The first-order chi connectivity index (χ1) is 16.5. The summed E-state index contributed by atoms with van der Waals surface area (Å²) in [6.07, 6.45) is 5.32. The van der Waals surface area contributed by atoms with Crippen LogP contribution in [0.4, 0.5) is 0 Å². The number of Topliss-reactive ketones (excluding diaryl/α,β-unsaturated/α-hetero) is 1. The molecule has 4 rings (SSSR count). The van der Waals surface area contributed by atoms with E-state index in [4.69, 9.17) is 4.74 Å². The summed E-state index contributed by atoms with van der Waals surface area (Å²) in [6.45, 7) is 4.83. The Kier molecular flexibility index (Phi) is 7.07. The number of ether oxygens (including phenoxy) is 1. The molecule has 1 aliphatic heterocycles. The molecular weight excluding hydrogens is 428 g/mol. The van der Waals surface area contributed by atoms with E-state index < -0.39 is 17.7 Å². The predicted molar refractivity (Wildman–Crippen MR) is 130 cm³/mol. The van der Waals surface area contributed by atoms with Crippen molar-refractivity contribution < 1.29 is 19.4 Å². The number of aliphatic hydroxyl groups is 1. The first kappa shape index (κ1) is 23.2. The number of benzene rings is 2. The van der Waals surface area contributed by atoms with Crippen molar-refractivity contribution in [3.8, 4) is 5.75 Å². The molecule has 1 saturated heterocycles. The van der Waals surface area contributed by atoms with Gasteiger partial charge in [0.15, 0.2) is 0 Å². The number of pyridine rings is 1. The second kappa shape index (κ2) is 10.3. The predicted octanol–water partition coefficient (Wildman–Crippen LogP) is 5.19. The van der Waals surface area contributed by atoms with Crippen molar-refractivity contribution in [3.63, 3.8) is 0 Å². The van der Waals surface area contributed by atoms with Gasteiger partial charge in [-0.25, -0.2) is 0 Å². The van der Waals surface area contributed by atoms with Crippen molar-refractivity contribution in [1.82, 2.24) is 9.88 Å². The summed E-state index contributed by atoms with van der Waals surface area (Å²) >= 11 is 0. The van der Waals surface area contributed by atoms with Crippen molar-refractivity contribution in [2.24, 2.45) is 0 Å². The summed E-state index contributed by atoms with van der Waals surface area (Å²) in [6, 6.07) is 17.5. The Labute approximate surface area is 199 Å². The number of nitrogens with zero attached hydrogens (tertiary/aromatic N) is 2. The van der Waals surface area contributed by atoms with Crippen LogP contribution >= 0.6 is 0 Å². The van der Waals surface area contributed by atoms with E-state index in [1.165, 1.54) is 4.90 Å². The zero-order valence-electron chi connectivity index (χ0n) is 19.4. The Hall–Kier alpha value is -3.93. The number of hydrogen-bond acceptors (Lipinski definition) is 5. The minimum Gasteiger partial charge on any atom is -0.507 e. The summed E-state index contributed by atoms with van der Waals surface area (Å²) in [7, 11) is 0. The van der Waals surface area contributed by atoms with Crippen molar-refractivity contribution in [2.45, 2.75) is 39.3 Å². The van der Waals surface area contributed by atoms with E-state index in [0.29, 0.717) is 12.2 Å². The van der Waals surface area contributed by atoms with Crippen LogP contribution in [0.3, 0.4) is 0 Å². The van der Waals surface area contributed by atoms with Crippen LogP contribution in [0.1, 0.15) is 48.1 Å². The number of aryl methyl sites for hydroxylation is 1. The number of aromatic nitrogens is 1. The van der Waals surface area contributed by atoms with E-state index in [2.05, 4.69) is 11.9 Å². The molecule has 1 atom stereocenters. The van der Waals surface area contributed by atoms with E-state index in [1.807, 2.05) is 43.3 Å². The SMILES string of the molecule is CCCCOc1ccc(C(O)=C2C(=O)C(=O)N(Cc3cccnc3)C2c2ccccc2)cc1C. The van der Waals surface area contributed by atoms with Gasteiger partial charge in [-0.2, -0.15) is 0 Å². The third-order valence-corrected chi connectivity index (χ3v) is 5.93. The molecule has 0 aliphatic carbocycles. The summed E-state index contributed by atoms with van der Waals surface area (Å²) in [5.74, 6) is -0.794. The van der Waals surface area contributed by atoms with Crippen LogP contribution in [0.15, 0.2) is 78.6 Å². The highest BCUT2D eigenvalue weighted by Crippen LogP contribution is 2.40. The largest absolute Gasteiger partial charge is 0.507 e. The van der Waals surface area contributed by atoms with Gasteiger partial charge in [0.1, 0.15) is 11.5 Å². The quantitative estimate of drug-likeness (QED) is 0.218. The second-order valence-electron chi connectivity index (χ2n) is 8.38. The molecule has 1 amide bonds. The number of carbonyl (C=O) groups excluding carboxylic acids is 2. The van der Waals surface area contributed by atoms with Gasteiger partial charge in [-0.05, 0) is 54.3 Å². The Morgan fingerprint density at radius 2 is 1.88 bits per heavy atom. The monoisotopic (exact) mass is 456 g/mol. The van der Waals surface area contributed by atoms with Gasteiger partial charge in [0.2, 0.25) is 0 Å². The van der Waals surface area contributed by atoms with Crippen LogP contribution in [0.2, 0.25) is 0 Å². The molecule has 1 N–H and O–H groups in total. The average Bonchev–Trinajstić information content (AvgIpc) is 3.11. The van der Waals surface area contributed by atoms with Crippen LogP contribution in [0, 0.1) is 6.92 Å². The van der Waals surface area contributed by atoms with Crippen LogP contribution in [-0.2, 0) is 16.1 Å². The Morgan fingerprint density at radius 3 is 2.56 bits per heavy atom. The molecule has 0 bridgehead atoms. The molecule has 0 spiro atoms. The van der Waals surface area contributed by atoms with Crippen LogP contribution in [0.25, 0.3) is 5.76 Å². The fraction of sp³-hybridized carbons (Fsp3) is 0.250. The fourth-order valence-electron chi connectivity index (χ4n) is 4.15. The Bertz CT molecular complexity index is 1210. The smallest absolute Gasteiger partial charge is 0.295 e. The number of amides is 1. The summed E-state index contributed by atoms with van der Waals surface area (Å²) in [5, 5.41) is 11.3. The molecule has 0 radical (unpaired) electrons. The molecule has 6 heteroatoms. The van der Waals surface area contributed by atoms with Gasteiger partial charge in [0, 0.05) is 24.5 Å². The number of carbonyl (C=O) groups is 2. The van der Waals surface area contributed by atoms with Gasteiger partial charge >= 0.3 is 0 Å². The maximum atomic E-state index is 13.2. The van der Waals surface area contributed by atoms with Crippen LogP contribution in [-0.4, -0.2) is 33.3 Å². The van der Waals surface area contributed by atoms with Crippen LogP contribution in [0.5, 0.6) is 5.75 Å². The van der Waals surface area contributed by atoms with E-state index in [1.54, 1.807) is 36.7 Å². The lowest BCUT2D eigenvalue weighted by atomic mass is 9.94. The van der Waals surface area contributed by atoms with Crippen LogP contribution < -0.4 is 4.74 Å². The molecule has 34 heavy (non-hydrogen) atoms. The highest BCUT2D eigenvalue weighted by atomic mass is 16.5. The molecule has 1 fully saturated rings. The number of likely N-dealkylation sites (tertiary alicyclic amines) is 1. The fourth-order valence-corrected chi connectivity index (χ4v) is 4.15. The zero-order valence-corrected chi connectivity index (χ0v) is 19.4. The molecule has 1 aromatic heterocycles. The number of unbranched alkanes of at least 4 members (excludes halogenated alkanes) is 1. The minimum atomic E-state index is -0.706. The van der Waals surface area contributed by atoms with Gasteiger partial charge in [-0.15, -0.1) is 0 Å². The summed E-state index contributed by atoms with van der Waals surface area (Å²) in [5.41, 5.74) is 2.96. The topological polar surface area (TPSA) is 79.7 Å². The highest BCUT2D eigenvalue weighted by Gasteiger charge is 2.46.